The van der Waals surface area contributed by atoms with Crippen molar-refractivity contribution in [3.8, 4) is 0 Å². The lowest BCUT2D eigenvalue weighted by atomic mass is 9.91. The summed E-state index contributed by atoms with van der Waals surface area (Å²) in [5.74, 6) is 2.01. The molecule has 2 fully saturated rings. The van der Waals surface area contributed by atoms with E-state index < -0.39 is 5.97 Å². The van der Waals surface area contributed by atoms with Crippen molar-refractivity contribution in [1.82, 2.24) is 5.32 Å². The molecule has 1 aromatic rings. The minimum atomic E-state index is -0.715. The number of carboxylic acid groups (broad SMARTS) is 1. The van der Waals surface area contributed by atoms with Crippen molar-refractivity contribution >= 4 is 29.3 Å². The minimum Gasteiger partial charge on any atom is -0.481 e. The van der Waals surface area contributed by atoms with E-state index in [1.165, 1.54) is 29.9 Å². The molecule has 0 bridgehead atoms. The first-order valence-corrected chi connectivity index (χ1v) is 9.01. The molecule has 2 unspecified atom stereocenters. The van der Waals surface area contributed by atoms with Crippen LogP contribution in [0, 0.1) is 5.92 Å². The first kappa shape index (κ1) is 15.2. The number of rotatable bonds is 3. The lowest BCUT2D eigenvalue weighted by Gasteiger charge is -2.23. The number of carbonyl (C=O) groups is 1. The normalized spacial score (nSPS) is 26.9. The van der Waals surface area contributed by atoms with Crippen LogP contribution >= 0.6 is 23.4 Å². The molecule has 2 N–H and O–H groups in total. The van der Waals surface area contributed by atoms with Crippen LogP contribution < -0.4 is 5.32 Å². The molecule has 3 rings (SSSR count). The van der Waals surface area contributed by atoms with E-state index in [9.17, 15) is 4.79 Å². The van der Waals surface area contributed by atoms with E-state index in [0.29, 0.717) is 18.9 Å². The number of carboxylic acids is 1. The zero-order valence-electron chi connectivity index (χ0n) is 11.8. The Kier molecular flexibility index (Phi) is 4.77. The van der Waals surface area contributed by atoms with Crippen LogP contribution in [0.5, 0.6) is 0 Å². The highest BCUT2D eigenvalue weighted by Crippen LogP contribution is 2.37. The van der Waals surface area contributed by atoms with Gasteiger partial charge in [0.25, 0.3) is 0 Å². The summed E-state index contributed by atoms with van der Waals surface area (Å²) in [5, 5.41) is 13.2. The van der Waals surface area contributed by atoms with E-state index in [0.717, 1.165) is 10.6 Å². The third kappa shape index (κ3) is 3.38. The van der Waals surface area contributed by atoms with Gasteiger partial charge in [-0.05, 0) is 53.9 Å². The fourth-order valence-corrected chi connectivity index (χ4v) is 4.73. The van der Waals surface area contributed by atoms with Crippen LogP contribution in [0.15, 0.2) is 18.2 Å². The zero-order chi connectivity index (χ0) is 14.8. The highest BCUT2D eigenvalue weighted by molar-refractivity contribution is 7.99. The van der Waals surface area contributed by atoms with Crippen molar-refractivity contribution in [2.75, 3.05) is 18.1 Å². The SMILES string of the molecule is O=C(O)C1CNC(c2ccc(C3CCSCC3)c(Cl)c2)C1. The second kappa shape index (κ2) is 6.59. The van der Waals surface area contributed by atoms with Crippen molar-refractivity contribution in [1.29, 1.82) is 0 Å². The number of thioether (sulfide) groups is 1. The number of benzene rings is 1. The fourth-order valence-electron chi connectivity index (χ4n) is 3.28. The second-order valence-electron chi connectivity index (χ2n) is 5.90. The van der Waals surface area contributed by atoms with E-state index in [-0.39, 0.29) is 12.0 Å². The highest BCUT2D eigenvalue weighted by Gasteiger charge is 2.30. The summed E-state index contributed by atoms with van der Waals surface area (Å²) in [6.45, 7) is 0.541. The van der Waals surface area contributed by atoms with Gasteiger partial charge in [-0.2, -0.15) is 11.8 Å². The van der Waals surface area contributed by atoms with Gasteiger partial charge in [-0.3, -0.25) is 4.79 Å². The smallest absolute Gasteiger partial charge is 0.307 e. The average molecular weight is 326 g/mol. The van der Waals surface area contributed by atoms with Crippen molar-refractivity contribution in [2.24, 2.45) is 5.92 Å². The monoisotopic (exact) mass is 325 g/mol. The Bertz CT molecular complexity index is 531. The summed E-state index contributed by atoms with van der Waals surface area (Å²) in [6.07, 6.45) is 3.05. The molecule has 0 aromatic heterocycles. The van der Waals surface area contributed by atoms with Gasteiger partial charge in [0, 0.05) is 17.6 Å². The van der Waals surface area contributed by atoms with E-state index >= 15 is 0 Å². The van der Waals surface area contributed by atoms with Crippen molar-refractivity contribution in [3.05, 3.63) is 34.3 Å². The number of halogens is 1. The van der Waals surface area contributed by atoms with Gasteiger partial charge in [-0.15, -0.1) is 0 Å². The fraction of sp³-hybridized carbons (Fsp3) is 0.562. The second-order valence-corrected chi connectivity index (χ2v) is 7.53. The molecule has 3 nitrogen and oxygen atoms in total. The quantitative estimate of drug-likeness (QED) is 0.890. The molecule has 21 heavy (non-hydrogen) atoms. The standard InChI is InChI=1S/C16H20ClNO2S/c17-14-7-11(15-8-12(9-18-15)16(19)20)1-2-13(14)10-3-5-21-6-4-10/h1-2,7,10,12,15,18H,3-6,8-9H2,(H,19,20). The molecule has 0 aliphatic carbocycles. The van der Waals surface area contributed by atoms with E-state index in [1.54, 1.807) is 0 Å². The van der Waals surface area contributed by atoms with Gasteiger partial charge in [0.2, 0.25) is 0 Å². The maximum atomic E-state index is 11.0. The van der Waals surface area contributed by atoms with Gasteiger partial charge in [-0.1, -0.05) is 23.7 Å². The molecule has 2 heterocycles. The molecule has 2 atom stereocenters. The molecule has 0 amide bonds. The van der Waals surface area contributed by atoms with Crippen LogP contribution in [0.1, 0.15) is 42.3 Å². The number of nitrogens with one attached hydrogen (secondary N) is 1. The maximum Gasteiger partial charge on any atom is 0.307 e. The Labute approximate surface area is 134 Å². The molecule has 2 aliphatic heterocycles. The minimum absolute atomic E-state index is 0.111. The molecule has 1 aromatic carbocycles. The summed E-state index contributed by atoms with van der Waals surface area (Å²) in [6, 6.07) is 6.40. The van der Waals surface area contributed by atoms with Crippen molar-refractivity contribution < 1.29 is 9.90 Å². The lowest BCUT2D eigenvalue weighted by Crippen LogP contribution is -2.17. The Balaban J connectivity index is 1.73. The topological polar surface area (TPSA) is 49.3 Å². The highest BCUT2D eigenvalue weighted by atomic mass is 35.5. The predicted molar refractivity (Wildman–Crippen MR) is 87.2 cm³/mol. The average Bonchev–Trinajstić information content (AvgIpc) is 2.98. The van der Waals surface area contributed by atoms with E-state index in [4.69, 9.17) is 16.7 Å². The van der Waals surface area contributed by atoms with E-state index in [2.05, 4.69) is 17.4 Å². The van der Waals surface area contributed by atoms with Crippen molar-refractivity contribution in [3.63, 3.8) is 0 Å². The summed E-state index contributed by atoms with van der Waals surface area (Å²) >= 11 is 8.51. The van der Waals surface area contributed by atoms with Crippen LogP contribution in [0.4, 0.5) is 0 Å². The van der Waals surface area contributed by atoms with Crippen LogP contribution in [-0.2, 0) is 4.79 Å². The largest absolute Gasteiger partial charge is 0.481 e. The molecule has 0 spiro atoms. The third-order valence-electron chi connectivity index (χ3n) is 4.57. The number of hydrogen-bond donors (Lipinski definition) is 2. The predicted octanol–water partition coefficient (Wildman–Crippen LogP) is 3.69. The molecular weight excluding hydrogens is 306 g/mol. The Hall–Kier alpha value is -0.710. The van der Waals surface area contributed by atoms with Gasteiger partial charge in [0.1, 0.15) is 0 Å². The van der Waals surface area contributed by atoms with Gasteiger partial charge >= 0.3 is 5.97 Å². The first-order valence-electron chi connectivity index (χ1n) is 7.48. The molecule has 114 valence electrons. The molecular formula is C16H20ClNO2S. The van der Waals surface area contributed by atoms with E-state index in [1.807, 2.05) is 17.8 Å². The maximum absolute atomic E-state index is 11.0. The molecule has 5 heteroatoms. The molecule has 2 aliphatic rings. The Morgan fingerprint density at radius 1 is 1.33 bits per heavy atom. The zero-order valence-corrected chi connectivity index (χ0v) is 13.4. The third-order valence-corrected chi connectivity index (χ3v) is 5.94. The lowest BCUT2D eigenvalue weighted by molar-refractivity contribution is -0.141. The van der Waals surface area contributed by atoms with Crippen molar-refractivity contribution in [2.45, 2.75) is 31.2 Å². The molecule has 2 saturated heterocycles. The Morgan fingerprint density at radius 2 is 2.10 bits per heavy atom. The van der Waals surface area contributed by atoms with Gasteiger partial charge in [-0.25, -0.2) is 0 Å². The van der Waals surface area contributed by atoms with Crippen LogP contribution in [-0.4, -0.2) is 29.1 Å². The van der Waals surface area contributed by atoms with Crippen LogP contribution in [0.2, 0.25) is 5.02 Å². The van der Waals surface area contributed by atoms with Gasteiger partial charge in [0.15, 0.2) is 0 Å². The molecule has 0 radical (unpaired) electrons. The van der Waals surface area contributed by atoms with Gasteiger partial charge in [0.05, 0.1) is 5.92 Å². The summed E-state index contributed by atoms with van der Waals surface area (Å²) < 4.78 is 0. The molecule has 0 saturated carbocycles. The van der Waals surface area contributed by atoms with Crippen LogP contribution in [0.25, 0.3) is 0 Å². The summed E-state index contributed by atoms with van der Waals surface area (Å²) in [7, 11) is 0. The number of hydrogen-bond acceptors (Lipinski definition) is 3. The summed E-state index contributed by atoms with van der Waals surface area (Å²) in [5.41, 5.74) is 2.37. The van der Waals surface area contributed by atoms with Gasteiger partial charge < -0.3 is 10.4 Å². The Morgan fingerprint density at radius 3 is 2.71 bits per heavy atom. The summed E-state index contributed by atoms with van der Waals surface area (Å²) in [4.78, 5) is 11.0. The number of aliphatic carboxylic acids is 1. The first-order chi connectivity index (χ1) is 10.1. The van der Waals surface area contributed by atoms with Crippen LogP contribution in [0.3, 0.4) is 0 Å².